The Labute approximate surface area is 597 Å². The Morgan fingerprint density at radius 2 is 0.500 bits per heavy atom. The summed E-state index contributed by atoms with van der Waals surface area (Å²) >= 11 is 0. The topological polar surface area (TPSA) is 237 Å². The molecule has 574 valence electrons. The first kappa shape index (κ1) is 95.0. The minimum absolute atomic E-state index is 0.0867. The van der Waals surface area contributed by atoms with Crippen molar-refractivity contribution in [1.29, 1.82) is 0 Å². The second kappa shape index (κ2) is 72.4. The van der Waals surface area contributed by atoms with Gasteiger partial charge in [-0.15, -0.1) is 0 Å². The fourth-order valence-corrected chi connectivity index (χ4v) is 12.7. The Bertz CT molecular complexity index is 2050. The molecular formula is C79H146O17P2. The van der Waals surface area contributed by atoms with E-state index in [9.17, 15) is 43.2 Å². The molecule has 0 aliphatic heterocycles. The fourth-order valence-electron chi connectivity index (χ4n) is 11.2. The number of ether oxygens (including phenoxy) is 4. The lowest BCUT2D eigenvalue weighted by atomic mass is 10.0. The molecule has 0 spiro atoms. The highest BCUT2D eigenvalue weighted by molar-refractivity contribution is 7.47. The van der Waals surface area contributed by atoms with E-state index in [1.807, 2.05) is 0 Å². The number of phosphoric acid groups is 2. The van der Waals surface area contributed by atoms with Gasteiger partial charge in [0.2, 0.25) is 0 Å². The normalized spacial score (nSPS) is 14.2. The van der Waals surface area contributed by atoms with Crippen molar-refractivity contribution in [2.24, 2.45) is 0 Å². The number of hydrogen-bond donors (Lipinski definition) is 3. The van der Waals surface area contributed by atoms with Gasteiger partial charge >= 0.3 is 39.5 Å². The van der Waals surface area contributed by atoms with E-state index in [1.165, 1.54) is 154 Å². The predicted molar refractivity (Wildman–Crippen MR) is 400 cm³/mol. The summed E-state index contributed by atoms with van der Waals surface area (Å²) in [6.07, 6.45) is 69.4. The Morgan fingerprint density at radius 3 is 0.806 bits per heavy atom. The van der Waals surface area contributed by atoms with Crippen LogP contribution in [0.2, 0.25) is 0 Å². The summed E-state index contributed by atoms with van der Waals surface area (Å²) in [5.74, 6) is -2.16. The maximum atomic E-state index is 13.1. The van der Waals surface area contributed by atoms with Crippen molar-refractivity contribution in [2.45, 2.75) is 393 Å². The van der Waals surface area contributed by atoms with Crippen LogP contribution in [0.25, 0.3) is 0 Å². The van der Waals surface area contributed by atoms with E-state index in [1.54, 1.807) is 0 Å². The maximum Gasteiger partial charge on any atom is 0.472 e. The summed E-state index contributed by atoms with van der Waals surface area (Å²) in [6.45, 7) is 4.89. The number of allylic oxidation sites excluding steroid dienone is 8. The third-order valence-electron chi connectivity index (χ3n) is 17.3. The molecule has 17 nitrogen and oxygen atoms in total. The molecule has 0 bridgehead atoms. The lowest BCUT2D eigenvalue weighted by Crippen LogP contribution is -2.30. The molecule has 5 atom stereocenters. The van der Waals surface area contributed by atoms with Crippen molar-refractivity contribution in [1.82, 2.24) is 0 Å². The molecule has 0 amide bonds. The molecule has 0 saturated carbocycles. The Balaban J connectivity index is 5.29. The maximum absolute atomic E-state index is 13.1. The van der Waals surface area contributed by atoms with E-state index >= 15 is 0 Å². The summed E-state index contributed by atoms with van der Waals surface area (Å²) in [6, 6.07) is 0. The van der Waals surface area contributed by atoms with Crippen LogP contribution in [0.4, 0.5) is 0 Å². The van der Waals surface area contributed by atoms with Crippen LogP contribution in [-0.4, -0.2) is 96.7 Å². The van der Waals surface area contributed by atoms with Gasteiger partial charge in [-0.05, 0) is 89.9 Å². The lowest BCUT2D eigenvalue weighted by molar-refractivity contribution is -0.161. The standard InChI is InChI=1S/C79H146O17P2/c1-5-9-13-17-21-25-29-33-34-35-36-37-38-42-44-48-52-56-60-64-77(82)90-70-75(96-79(84)66-62-58-54-50-46-41-32-28-24-20-16-12-8-4)72-94-98(87,88)92-68-73(80)67-91-97(85,86)93-71-74(95-78(83)65-61-57-53-49-45-40-31-27-23-19-15-11-7-3)69-89-76(81)63-59-55-51-47-43-39-30-26-22-18-14-10-6-2/h21,25,28,32-34,36-37,73-75,80H,5-20,22-24,26-27,29-31,35,38-72H2,1-4H3,(H,85,86)(H,87,88)/b25-21-,32-28-,34-33-,37-36-. The second-order valence-electron chi connectivity index (χ2n) is 27.0. The van der Waals surface area contributed by atoms with Gasteiger partial charge < -0.3 is 33.8 Å². The van der Waals surface area contributed by atoms with Crippen LogP contribution in [-0.2, 0) is 65.4 Å². The van der Waals surface area contributed by atoms with Crippen LogP contribution in [0.3, 0.4) is 0 Å². The highest BCUT2D eigenvalue weighted by Crippen LogP contribution is 2.45. The minimum Gasteiger partial charge on any atom is -0.462 e. The lowest BCUT2D eigenvalue weighted by Gasteiger charge is -2.21. The zero-order valence-corrected chi connectivity index (χ0v) is 64.5. The number of aliphatic hydroxyl groups excluding tert-OH is 1. The van der Waals surface area contributed by atoms with E-state index in [0.717, 1.165) is 141 Å². The molecule has 0 fully saturated rings. The van der Waals surface area contributed by atoms with Crippen LogP contribution in [0, 0.1) is 0 Å². The smallest absolute Gasteiger partial charge is 0.462 e. The number of aliphatic hydroxyl groups is 1. The van der Waals surface area contributed by atoms with Gasteiger partial charge in [-0.25, -0.2) is 9.13 Å². The molecule has 0 aromatic heterocycles. The zero-order valence-electron chi connectivity index (χ0n) is 62.7. The number of carbonyl (C=O) groups is 4. The average Bonchev–Trinajstić information content (AvgIpc) is 0.966. The zero-order chi connectivity index (χ0) is 71.8. The molecule has 0 rings (SSSR count). The highest BCUT2D eigenvalue weighted by atomic mass is 31.2. The summed E-state index contributed by atoms with van der Waals surface area (Å²) in [5, 5.41) is 10.6. The van der Waals surface area contributed by atoms with Crippen LogP contribution in [0.15, 0.2) is 48.6 Å². The SMILES string of the molecule is CCCCC/C=C\C/C=C\C/C=C\CCCCCCCCC(=O)OCC(COP(=O)(O)OCC(O)COP(=O)(O)OCC(COC(=O)CCCCCCCCCCCCCCC)OC(=O)CCCCCCCCCCCCCCC)OC(=O)CCCCCCC/C=C\CCCCCC. The van der Waals surface area contributed by atoms with E-state index in [4.69, 9.17) is 37.0 Å². The van der Waals surface area contributed by atoms with E-state index in [-0.39, 0.29) is 25.7 Å². The number of carbonyl (C=O) groups excluding carboxylic acids is 4. The molecule has 0 aliphatic rings. The molecule has 3 N–H and O–H groups in total. The monoisotopic (exact) mass is 1430 g/mol. The van der Waals surface area contributed by atoms with Gasteiger partial charge in [0.05, 0.1) is 26.4 Å². The second-order valence-corrected chi connectivity index (χ2v) is 29.9. The molecule has 98 heavy (non-hydrogen) atoms. The van der Waals surface area contributed by atoms with Crippen molar-refractivity contribution in [3.05, 3.63) is 48.6 Å². The summed E-state index contributed by atoms with van der Waals surface area (Å²) < 4.78 is 68.6. The first-order chi connectivity index (χ1) is 47.7. The van der Waals surface area contributed by atoms with Gasteiger partial charge in [0, 0.05) is 25.7 Å². The Kier molecular flexibility index (Phi) is 70.2. The molecule has 0 aliphatic carbocycles. The summed E-state index contributed by atoms with van der Waals surface area (Å²) in [5.41, 5.74) is 0. The molecule has 5 unspecified atom stereocenters. The molecular weight excluding hydrogens is 1280 g/mol. The van der Waals surface area contributed by atoms with Crippen molar-refractivity contribution >= 4 is 39.5 Å². The summed E-state index contributed by atoms with van der Waals surface area (Å²) in [7, 11) is -9.93. The molecule has 0 aromatic carbocycles. The number of rotatable bonds is 76. The van der Waals surface area contributed by atoms with Gasteiger partial charge in [0.25, 0.3) is 0 Å². The number of hydrogen-bond acceptors (Lipinski definition) is 15. The third-order valence-corrected chi connectivity index (χ3v) is 19.2. The average molecular weight is 1430 g/mol. The molecule has 0 aromatic rings. The minimum atomic E-state index is -4.97. The largest absolute Gasteiger partial charge is 0.472 e. The molecule has 19 heteroatoms. The van der Waals surface area contributed by atoms with Crippen molar-refractivity contribution in [2.75, 3.05) is 39.6 Å². The Morgan fingerprint density at radius 1 is 0.286 bits per heavy atom. The van der Waals surface area contributed by atoms with Crippen LogP contribution >= 0.6 is 15.6 Å². The fraction of sp³-hybridized carbons (Fsp3) is 0.848. The predicted octanol–water partition coefficient (Wildman–Crippen LogP) is 22.9. The number of unbranched alkanes of at least 4 members (excludes halogenated alkanes) is 42. The van der Waals surface area contributed by atoms with Crippen molar-refractivity contribution in [3.8, 4) is 0 Å². The van der Waals surface area contributed by atoms with Gasteiger partial charge in [-0.1, -0.05) is 307 Å². The van der Waals surface area contributed by atoms with Crippen LogP contribution in [0.1, 0.15) is 374 Å². The first-order valence-electron chi connectivity index (χ1n) is 39.9. The van der Waals surface area contributed by atoms with Gasteiger partial charge in [-0.3, -0.25) is 37.3 Å². The highest BCUT2D eigenvalue weighted by Gasteiger charge is 2.30. The molecule has 0 saturated heterocycles. The van der Waals surface area contributed by atoms with Crippen molar-refractivity contribution < 1.29 is 80.2 Å². The molecule has 0 heterocycles. The van der Waals surface area contributed by atoms with E-state index < -0.39 is 97.5 Å². The van der Waals surface area contributed by atoms with Gasteiger partial charge in [0.1, 0.15) is 19.3 Å². The van der Waals surface area contributed by atoms with Crippen LogP contribution < -0.4 is 0 Å². The van der Waals surface area contributed by atoms with E-state index in [2.05, 4.69) is 76.3 Å². The first-order valence-corrected chi connectivity index (χ1v) is 42.9. The summed E-state index contributed by atoms with van der Waals surface area (Å²) in [4.78, 5) is 72.9. The van der Waals surface area contributed by atoms with Crippen LogP contribution in [0.5, 0.6) is 0 Å². The third kappa shape index (κ3) is 71.4. The van der Waals surface area contributed by atoms with Gasteiger partial charge in [0.15, 0.2) is 12.2 Å². The number of esters is 4. The number of phosphoric ester groups is 2. The quantitative estimate of drug-likeness (QED) is 0.0169. The van der Waals surface area contributed by atoms with E-state index in [0.29, 0.717) is 25.7 Å². The van der Waals surface area contributed by atoms with Gasteiger partial charge in [-0.2, -0.15) is 0 Å². The Hall–Kier alpha value is -2.98. The molecule has 0 radical (unpaired) electrons. The van der Waals surface area contributed by atoms with Crippen molar-refractivity contribution in [3.63, 3.8) is 0 Å².